The quantitative estimate of drug-likeness (QED) is 0.917. The van der Waals surface area contributed by atoms with Crippen molar-refractivity contribution in [2.45, 2.75) is 32.9 Å². The first-order valence-electron chi connectivity index (χ1n) is 6.11. The fraction of sp³-hybridized carbons (Fsp3) is 0.357. The van der Waals surface area contributed by atoms with Crippen LogP contribution < -0.4 is 5.32 Å². The van der Waals surface area contributed by atoms with Gasteiger partial charge < -0.3 is 4.42 Å². The molecule has 19 heavy (non-hydrogen) atoms. The summed E-state index contributed by atoms with van der Waals surface area (Å²) in [4.78, 5) is 4.09. The van der Waals surface area contributed by atoms with Crippen molar-refractivity contribution in [2.24, 2.45) is 0 Å². The van der Waals surface area contributed by atoms with Crippen molar-refractivity contribution in [3.05, 3.63) is 53.2 Å². The van der Waals surface area contributed by atoms with Gasteiger partial charge in [0.1, 0.15) is 17.4 Å². The zero-order chi connectivity index (χ0) is 14.0. The molecular weight excluding hydrogens is 250 g/mol. The van der Waals surface area contributed by atoms with E-state index in [2.05, 4.69) is 10.3 Å². The van der Waals surface area contributed by atoms with Gasteiger partial charge in [0.05, 0.1) is 12.2 Å². The maximum Gasteiger partial charge on any atom is 0.211 e. The average Bonchev–Trinajstić information content (AvgIpc) is 2.75. The fourth-order valence-corrected chi connectivity index (χ4v) is 2.03. The van der Waals surface area contributed by atoms with Gasteiger partial charge in [-0.2, -0.15) is 0 Å². The van der Waals surface area contributed by atoms with Crippen LogP contribution in [0.1, 0.15) is 43.1 Å². The number of nitrogens with zero attached hydrogens (tertiary/aromatic N) is 1. The third-order valence-corrected chi connectivity index (χ3v) is 2.94. The summed E-state index contributed by atoms with van der Waals surface area (Å²) in [5, 5.41) is 3.07. The maximum absolute atomic E-state index is 13.6. The van der Waals surface area contributed by atoms with Gasteiger partial charge in [-0.05, 0) is 32.9 Å². The van der Waals surface area contributed by atoms with E-state index in [0.29, 0.717) is 11.7 Å². The number of aryl methyl sites for hydroxylation is 1. The summed E-state index contributed by atoms with van der Waals surface area (Å²) in [6.07, 6.45) is 1.61. The molecule has 2 rings (SSSR count). The monoisotopic (exact) mass is 266 g/mol. The summed E-state index contributed by atoms with van der Waals surface area (Å²) >= 11 is 0. The van der Waals surface area contributed by atoms with Crippen molar-refractivity contribution in [1.29, 1.82) is 0 Å². The molecule has 0 aliphatic rings. The van der Waals surface area contributed by atoms with Crippen LogP contribution in [-0.4, -0.2) is 4.98 Å². The Morgan fingerprint density at radius 2 is 1.79 bits per heavy atom. The van der Waals surface area contributed by atoms with Crippen LogP contribution in [0.5, 0.6) is 0 Å². The maximum atomic E-state index is 13.6. The van der Waals surface area contributed by atoms with Gasteiger partial charge >= 0.3 is 0 Å². The molecule has 0 aliphatic carbocycles. The molecule has 0 radical (unpaired) electrons. The largest absolute Gasteiger partial charge is 0.444 e. The van der Waals surface area contributed by atoms with Crippen molar-refractivity contribution in [3.8, 4) is 0 Å². The van der Waals surface area contributed by atoms with E-state index in [1.807, 2.05) is 6.92 Å². The van der Waals surface area contributed by atoms with Crippen LogP contribution in [0.4, 0.5) is 8.78 Å². The number of aromatic nitrogens is 1. The smallest absolute Gasteiger partial charge is 0.211 e. The lowest BCUT2D eigenvalue weighted by molar-refractivity contribution is 0.371. The Bertz CT molecular complexity index is 548. The molecule has 0 aliphatic heterocycles. The van der Waals surface area contributed by atoms with E-state index in [1.165, 1.54) is 18.2 Å². The summed E-state index contributed by atoms with van der Waals surface area (Å²) in [6, 6.07) is 3.13. The first-order chi connectivity index (χ1) is 8.99. The summed E-state index contributed by atoms with van der Waals surface area (Å²) in [5.74, 6) is 0.0843. The molecule has 1 heterocycles. The number of hydrogen-bond acceptors (Lipinski definition) is 3. The van der Waals surface area contributed by atoms with E-state index in [9.17, 15) is 8.78 Å². The van der Waals surface area contributed by atoms with Crippen LogP contribution in [0.25, 0.3) is 0 Å². The molecular formula is C14H16F2N2O. The highest BCUT2D eigenvalue weighted by molar-refractivity contribution is 5.23. The van der Waals surface area contributed by atoms with Crippen LogP contribution in [-0.2, 0) is 0 Å². The molecule has 5 heteroatoms. The van der Waals surface area contributed by atoms with Crippen molar-refractivity contribution in [3.63, 3.8) is 0 Å². The Labute approximate surface area is 110 Å². The molecule has 2 atom stereocenters. The topological polar surface area (TPSA) is 38.1 Å². The normalized spacial score (nSPS) is 14.4. The highest BCUT2D eigenvalue weighted by atomic mass is 19.1. The Morgan fingerprint density at radius 1 is 1.16 bits per heavy atom. The second-order valence-corrected chi connectivity index (χ2v) is 4.55. The molecule has 0 amide bonds. The van der Waals surface area contributed by atoms with Gasteiger partial charge in [-0.15, -0.1) is 0 Å². The number of oxazole rings is 1. The molecule has 2 unspecified atom stereocenters. The summed E-state index contributed by atoms with van der Waals surface area (Å²) in [5.41, 5.74) is 0.0256. The second-order valence-electron chi connectivity index (χ2n) is 4.55. The summed E-state index contributed by atoms with van der Waals surface area (Å²) in [7, 11) is 0. The van der Waals surface area contributed by atoms with E-state index >= 15 is 0 Å². The zero-order valence-electron chi connectivity index (χ0n) is 11.1. The molecule has 102 valence electrons. The van der Waals surface area contributed by atoms with Crippen LogP contribution in [0.15, 0.2) is 28.8 Å². The van der Waals surface area contributed by atoms with Crippen LogP contribution in [0.3, 0.4) is 0 Å². The standard InChI is InChI=1S/C14H16F2N2O/c1-8-7-17-14(19-8)10(3)18-9(2)13-11(15)5-4-6-12(13)16/h4-7,9-10,18H,1-3H3. The lowest BCUT2D eigenvalue weighted by atomic mass is 10.1. The van der Waals surface area contributed by atoms with Crippen LogP contribution >= 0.6 is 0 Å². The number of nitrogens with one attached hydrogen (secondary N) is 1. The van der Waals surface area contributed by atoms with E-state index in [-0.39, 0.29) is 11.6 Å². The lowest BCUT2D eigenvalue weighted by Gasteiger charge is -2.19. The Morgan fingerprint density at radius 3 is 2.32 bits per heavy atom. The van der Waals surface area contributed by atoms with Gasteiger partial charge in [0.2, 0.25) is 5.89 Å². The first kappa shape index (κ1) is 13.7. The molecule has 0 fully saturated rings. The number of rotatable bonds is 4. The molecule has 1 aromatic carbocycles. The third-order valence-electron chi connectivity index (χ3n) is 2.94. The van der Waals surface area contributed by atoms with Gasteiger partial charge in [-0.1, -0.05) is 6.07 Å². The lowest BCUT2D eigenvalue weighted by Crippen LogP contribution is -2.24. The van der Waals surface area contributed by atoms with E-state index < -0.39 is 17.7 Å². The van der Waals surface area contributed by atoms with Crippen molar-refractivity contribution in [1.82, 2.24) is 10.3 Å². The number of benzene rings is 1. The minimum Gasteiger partial charge on any atom is -0.444 e. The average molecular weight is 266 g/mol. The predicted molar refractivity (Wildman–Crippen MR) is 67.6 cm³/mol. The van der Waals surface area contributed by atoms with Crippen LogP contribution in [0, 0.1) is 18.6 Å². The van der Waals surface area contributed by atoms with Gasteiger partial charge in [0.25, 0.3) is 0 Å². The van der Waals surface area contributed by atoms with E-state index in [0.717, 1.165) is 0 Å². The molecule has 2 aromatic rings. The minimum absolute atomic E-state index is 0.0256. The van der Waals surface area contributed by atoms with Gasteiger partial charge in [0, 0.05) is 11.6 Å². The van der Waals surface area contributed by atoms with Gasteiger partial charge in [-0.25, -0.2) is 13.8 Å². The Balaban J connectivity index is 2.15. The van der Waals surface area contributed by atoms with Crippen LogP contribution in [0.2, 0.25) is 0 Å². The third kappa shape index (κ3) is 2.98. The van der Waals surface area contributed by atoms with Crippen molar-refractivity contribution < 1.29 is 13.2 Å². The number of hydrogen-bond donors (Lipinski definition) is 1. The molecule has 0 spiro atoms. The predicted octanol–water partition coefficient (Wildman–Crippen LogP) is 3.67. The zero-order valence-corrected chi connectivity index (χ0v) is 11.1. The molecule has 0 saturated heterocycles. The van der Waals surface area contributed by atoms with Crippen molar-refractivity contribution in [2.75, 3.05) is 0 Å². The Hall–Kier alpha value is -1.75. The second kappa shape index (κ2) is 5.48. The summed E-state index contributed by atoms with van der Waals surface area (Å²) in [6.45, 7) is 5.33. The van der Waals surface area contributed by atoms with E-state index in [1.54, 1.807) is 20.0 Å². The molecule has 0 bridgehead atoms. The van der Waals surface area contributed by atoms with Gasteiger partial charge in [-0.3, -0.25) is 5.32 Å². The first-order valence-corrected chi connectivity index (χ1v) is 6.11. The molecule has 3 nitrogen and oxygen atoms in total. The minimum atomic E-state index is -0.559. The summed E-state index contributed by atoms with van der Waals surface area (Å²) < 4.78 is 32.7. The number of halogens is 2. The highest BCUT2D eigenvalue weighted by Gasteiger charge is 2.20. The van der Waals surface area contributed by atoms with Crippen molar-refractivity contribution >= 4 is 0 Å². The molecule has 1 aromatic heterocycles. The highest BCUT2D eigenvalue weighted by Crippen LogP contribution is 2.23. The molecule has 0 saturated carbocycles. The fourth-order valence-electron chi connectivity index (χ4n) is 2.03. The SMILES string of the molecule is Cc1cnc(C(C)NC(C)c2c(F)cccc2F)o1. The molecule has 1 N–H and O–H groups in total. The van der Waals surface area contributed by atoms with E-state index in [4.69, 9.17) is 4.42 Å². The Kier molecular flexibility index (Phi) is 3.95. The van der Waals surface area contributed by atoms with Gasteiger partial charge in [0.15, 0.2) is 0 Å².